The normalized spacial score (nSPS) is 50.4. The fourth-order valence-corrected chi connectivity index (χ4v) is 8.24. The molecule has 0 unspecified atom stereocenters. The van der Waals surface area contributed by atoms with E-state index in [1.54, 1.807) is 0 Å². The van der Waals surface area contributed by atoms with Crippen molar-refractivity contribution < 1.29 is 14.6 Å². The first kappa shape index (κ1) is 21.9. The smallest absolute Gasteiger partial charge is 0.172 e. The third-order valence-corrected chi connectivity index (χ3v) is 10.7. The summed E-state index contributed by atoms with van der Waals surface area (Å²) < 4.78 is 6.23. The Morgan fingerprint density at radius 1 is 1.13 bits per heavy atom. The first-order valence-electron chi connectivity index (χ1n) is 12.8. The molecule has 172 valence electrons. The van der Waals surface area contributed by atoms with Crippen LogP contribution in [0, 0.1) is 46.3 Å². The number of fused-ring (bicyclic) bond motifs is 4. The summed E-state index contributed by atoms with van der Waals surface area (Å²) in [4.78, 5) is 13.7. The zero-order valence-electron chi connectivity index (χ0n) is 20.4. The third kappa shape index (κ3) is 2.88. The quantitative estimate of drug-likeness (QED) is 0.462. The van der Waals surface area contributed by atoms with Crippen molar-refractivity contribution in [3.63, 3.8) is 0 Å². The van der Waals surface area contributed by atoms with E-state index in [0.717, 1.165) is 25.7 Å². The number of hydrogen-bond acceptors (Lipinski definition) is 3. The molecule has 1 spiro atoms. The second kappa shape index (κ2) is 7.03. The van der Waals surface area contributed by atoms with Crippen molar-refractivity contribution >= 4 is 5.78 Å². The molecule has 0 radical (unpaired) electrons. The van der Waals surface area contributed by atoms with Gasteiger partial charge >= 0.3 is 0 Å². The molecular formula is C28H42O3. The number of carbonyl (C=O) groups excluding carboxylic acids is 1. The van der Waals surface area contributed by atoms with Crippen LogP contribution in [0.25, 0.3) is 0 Å². The molecule has 0 aromatic carbocycles. The van der Waals surface area contributed by atoms with Crippen molar-refractivity contribution in [2.75, 3.05) is 0 Å². The van der Waals surface area contributed by atoms with E-state index in [9.17, 15) is 9.90 Å². The molecule has 1 aliphatic heterocycles. The lowest BCUT2D eigenvalue weighted by molar-refractivity contribution is -0.129. The van der Waals surface area contributed by atoms with E-state index in [1.807, 2.05) is 0 Å². The maximum atomic E-state index is 13.7. The number of allylic oxidation sites excluding steroid dienone is 3. The Morgan fingerprint density at radius 3 is 2.58 bits per heavy atom. The number of epoxide rings is 1. The SMILES string of the molecule is CC(C)[C@@H](C)/C=C/[C@@H](C)[C@H]1CC[C@H]2[C@@H]3C(=O)[C@@H]4O[C@@]45C[C@@H](O)CC[C@]5(C)C3=CC[C@]12C. The Kier molecular flexibility index (Phi) is 4.97. The van der Waals surface area contributed by atoms with Crippen molar-refractivity contribution in [3.05, 3.63) is 23.8 Å². The highest BCUT2D eigenvalue weighted by atomic mass is 16.6. The van der Waals surface area contributed by atoms with Crippen LogP contribution in [0.2, 0.25) is 0 Å². The summed E-state index contributed by atoms with van der Waals surface area (Å²) in [5, 5.41) is 10.3. The second-order valence-electron chi connectivity index (χ2n) is 12.5. The minimum absolute atomic E-state index is 0.0374. The maximum absolute atomic E-state index is 13.7. The predicted octanol–water partition coefficient (Wildman–Crippen LogP) is 5.72. The van der Waals surface area contributed by atoms with Gasteiger partial charge in [0.15, 0.2) is 5.78 Å². The van der Waals surface area contributed by atoms with Crippen molar-refractivity contribution in [1.82, 2.24) is 0 Å². The summed E-state index contributed by atoms with van der Waals surface area (Å²) in [6, 6.07) is 0. The zero-order valence-corrected chi connectivity index (χ0v) is 20.4. The molecular weight excluding hydrogens is 384 g/mol. The molecule has 5 aliphatic rings. The highest BCUT2D eigenvalue weighted by Crippen LogP contribution is 2.71. The van der Waals surface area contributed by atoms with Gasteiger partial charge in [-0.05, 0) is 67.1 Å². The average molecular weight is 427 g/mol. The van der Waals surface area contributed by atoms with E-state index in [1.165, 1.54) is 12.0 Å². The number of aliphatic hydroxyl groups is 1. The van der Waals surface area contributed by atoms with E-state index in [-0.39, 0.29) is 29.0 Å². The van der Waals surface area contributed by atoms with Crippen molar-refractivity contribution in [2.24, 2.45) is 46.3 Å². The summed E-state index contributed by atoms with van der Waals surface area (Å²) >= 11 is 0. The standard InChI is InChI=1S/C28H42O3/c1-16(2)17(3)7-8-18(4)20-9-10-21-23-22(12-13-26(20,21)5)27(6)14-11-19(29)15-28(27)25(31-28)24(23)30/h7-8,12,16-21,23,25,29H,9-11,13-15H2,1-6H3/b8-7+/t17-,18+,19-,20+,21-,23-,25-,26+,27+,28-/m0/s1. The van der Waals surface area contributed by atoms with Crippen LogP contribution in [0.5, 0.6) is 0 Å². The molecule has 3 heteroatoms. The molecule has 4 aliphatic carbocycles. The van der Waals surface area contributed by atoms with Gasteiger partial charge in [-0.3, -0.25) is 4.79 Å². The van der Waals surface area contributed by atoms with Gasteiger partial charge in [0, 0.05) is 17.8 Å². The Bertz CT molecular complexity index is 826. The average Bonchev–Trinajstić information content (AvgIpc) is 3.34. The van der Waals surface area contributed by atoms with Gasteiger partial charge in [0.05, 0.1) is 6.10 Å². The van der Waals surface area contributed by atoms with Crippen LogP contribution in [-0.2, 0) is 9.53 Å². The van der Waals surface area contributed by atoms with Crippen LogP contribution in [0.1, 0.15) is 80.1 Å². The Labute approximate surface area is 188 Å². The Balaban J connectivity index is 1.45. The topological polar surface area (TPSA) is 49.8 Å². The number of carbonyl (C=O) groups is 1. The molecule has 0 aromatic heterocycles. The first-order valence-corrected chi connectivity index (χ1v) is 12.8. The van der Waals surface area contributed by atoms with E-state index in [4.69, 9.17) is 4.74 Å². The number of hydrogen-bond donors (Lipinski definition) is 1. The van der Waals surface area contributed by atoms with Gasteiger partial charge in [-0.15, -0.1) is 0 Å². The Morgan fingerprint density at radius 2 is 1.87 bits per heavy atom. The monoisotopic (exact) mass is 426 g/mol. The molecule has 0 aromatic rings. The Hall–Kier alpha value is -0.930. The molecule has 31 heavy (non-hydrogen) atoms. The largest absolute Gasteiger partial charge is 0.393 e. The fraction of sp³-hybridized carbons (Fsp3) is 0.821. The fourth-order valence-electron chi connectivity index (χ4n) is 8.24. The molecule has 4 fully saturated rings. The molecule has 1 N–H and O–H groups in total. The van der Waals surface area contributed by atoms with Crippen LogP contribution in [0.4, 0.5) is 0 Å². The van der Waals surface area contributed by atoms with Crippen LogP contribution in [0.3, 0.4) is 0 Å². The van der Waals surface area contributed by atoms with E-state index in [0.29, 0.717) is 41.8 Å². The third-order valence-electron chi connectivity index (χ3n) is 10.7. The molecule has 1 heterocycles. The van der Waals surface area contributed by atoms with Crippen molar-refractivity contribution in [3.8, 4) is 0 Å². The number of Topliss-reactive ketones (excluding diaryl/α,β-unsaturated/α-hetero) is 1. The molecule has 10 atom stereocenters. The highest BCUT2D eigenvalue weighted by molar-refractivity contribution is 5.95. The van der Waals surface area contributed by atoms with Crippen LogP contribution in [-0.4, -0.2) is 28.7 Å². The van der Waals surface area contributed by atoms with Gasteiger partial charge in [-0.2, -0.15) is 0 Å². The number of rotatable bonds is 4. The predicted molar refractivity (Wildman–Crippen MR) is 123 cm³/mol. The molecule has 3 nitrogen and oxygen atoms in total. The zero-order chi connectivity index (χ0) is 22.3. The lowest BCUT2D eigenvalue weighted by Gasteiger charge is -2.54. The van der Waals surface area contributed by atoms with Crippen LogP contribution >= 0.6 is 0 Å². The van der Waals surface area contributed by atoms with E-state index >= 15 is 0 Å². The van der Waals surface area contributed by atoms with E-state index in [2.05, 4.69) is 59.8 Å². The van der Waals surface area contributed by atoms with Gasteiger partial charge in [-0.1, -0.05) is 65.3 Å². The minimum Gasteiger partial charge on any atom is -0.393 e. The van der Waals surface area contributed by atoms with Gasteiger partial charge in [0.2, 0.25) is 0 Å². The second-order valence-corrected chi connectivity index (χ2v) is 12.5. The summed E-state index contributed by atoms with van der Waals surface area (Å²) in [6.45, 7) is 14.1. The number of ketones is 1. The first-order chi connectivity index (χ1) is 14.5. The lowest BCUT2D eigenvalue weighted by atomic mass is 9.48. The number of ether oxygens (including phenoxy) is 1. The van der Waals surface area contributed by atoms with Crippen molar-refractivity contribution in [1.29, 1.82) is 0 Å². The van der Waals surface area contributed by atoms with E-state index < -0.39 is 5.60 Å². The maximum Gasteiger partial charge on any atom is 0.172 e. The summed E-state index contributed by atoms with van der Waals surface area (Å²) in [5.41, 5.74) is 1.07. The van der Waals surface area contributed by atoms with Crippen molar-refractivity contribution in [2.45, 2.75) is 97.9 Å². The summed E-state index contributed by atoms with van der Waals surface area (Å²) in [7, 11) is 0. The lowest BCUT2D eigenvalue weighted by Crippen LogP contribution is -2.57. The molecule has 5 rings (SSSR count). The minimum atomic E-state index is -0.418. The molecule has 1 saturated heterocycles. The van der Waals surface area contributed by atoms with Crippen LogP contribution < -0.4 is 0 Å². The van der Waals surface area contributed by atoms with Crippen LogP contribution in [0.15, 0.2) is 23.8 Å². The van der Waals surface area contributed by atoms with Gasteiger partial charge in [0.25, 0.3) is 0 Å². The molecule has 0 bridgehead atoms. The summed E-state index contributed by atoms with van der Waals surface area (Å²) in [6.07, 6.45) is 12.6. The number of aliphatic hydroxyl groups excluding tert-OH is 1. The summed E-state index contributed by atoms with van der Waals surface area (Å²) in [5.74, 6) is 3.25. The van der Waals surface area contributed by atoms with Gasteiger partial charge in [-0.25, -0.2) is 0 Å². The van der Waals surface area contributed by atoms with Gasteiger partial charge < -0.3 is 9.84 Å². The molecule has 3 saturated carbocycles. The van der Waals surface area contributed by atoms with Gasteiger partial charge in [0.1, 0.15) is 11.7 Å². The highest BCUT2D eigenvalue weighted by Gasteiger charge is 2.78. The molecule has 0 amide bonds.